The Bertz CT molecular complexity index is 765. The summed E-state index contributed by atoms with van der Waals surface area (Å²) in [4.78, 5) is 24.6. The van der Waals surface area contributed by atoms with Crippen LogP contribution in [0.1, 0.15) is 0 Å². The molecule has 0 amide bonds. The number of aliphatic hydroxyl groups is 3. The van der Waals surface area contributed by atoms with Crippen LogP contribution in [0.2, 0.25) is 5.02 Å². The molecule has 1 aromatic heterocycles. The van der Waals surface area contributed by atoms with Crippen molar-refractivity contribution >= 4 is 50.7 Å². The number of rotatable bonds is 7. The Kier molecular flexibility index (Phi) is 5.83. The second-order valence-electron chi connectivity index (χ2n) is 4.94. The molecular formula is C14H13BrClNO7. The average Bonchev–Trinajstić information content (AvgIpc) is 2.97. The molecule has 0 fully saturated rings. The molecule has 1 heterocycles. The molecule has 0 radical (unpaired) electrons. The number of nitrogens with one attached hydrogen (secondary N) is 1. The molecule has 0 spiro atoms. The Morgan fingerprint density at radius 1 is 1.29 bits per heavy atom. The van der Waals surface area contributed by atoms with Gasteiger partial charge in [-0.1, -0.05) is 11.6 Å². The average molecular weight is 423 g/mol. The van der Waals surface area contributed by atoms with E-state index in [4.69, 9.17) is 21.4 Å². The lowest BCUT2D eigenvalue weighted by Gasteiger charge is -2.24. The summed E-state index contributed by atoms with van der Waals surface area (Å²) in [7, 11) is 0. The number of carboxylic acids is 1. The highest BCUT2D eigenvalue weighted by Crippen LogP contribution is 2.33. The first-order valence-electron chi connectivity index (χ1n) is 6.62. The summed E-state index contributed by atoms with van der Waals surface area (Å²) in [5, 5.41) is 38.3. The van der Waals surface area contributed by atoms with E-state index >= 15 is 0 Å². The monoisotopic (exact) mass is 421 g/mol. The van der Waals surface area contributed by atoms with Crippen LogP contribution in [0.5, 0.6) is 5.88 Å². The third-order valence-corrected chi connectivity index (χ3v) is 4.62. The van der Waals surface area contributed by atoms with Gasteiger partial charge in [-0.15, -0.1) is 0 Å². The van der Waals surface area contributed by atoms with Crippen molar-refractivity contribution < 1.29 is 34.8 Å². The van der Waals surface area contributed by atoms with Gasteiger partial charge in [-0.05, 0) is 28.1 Å². The number of aldehydes is 1. The minimum Gasteiger partial charge on any atom is -0.479 e. The van der Waals surface area contributed by atoms with Crippen molar-refractivity contribution in [1.29, 1.82) is 0 Å². The smallest absolute Gasteiger partial charge is 0.335 e. The number of benzene rings is 1. The first-order valence-corrected chi connectivity index (χ1v) is 7.79. The third kappa shape index (κ3) is 3.70. The number of ether oxygens (including phenoxy) is 1. The summed E-state index contributed by atoms with van der Waals surface area (Å²) in [6.45, 7) is 0. The van der Waals surface area contributed by atoms with E-state index in [1.54, 1.807) is 12.1 Å². The second-order valence-corrected chi connectivity index (χ2v) is 6.17. The van der Waals surface area contributed by atoms with E-state index in [0.717, 1.165) is 0 Å². The van der Waals surface area contributed by atoms with Crippen molar-refractivity contribution in [2.45, 2.75) is 24.4 Å². The molecule has 0 bridgehead atoms. The van der Waals surface area contributed by atoms with Crippen molar-refractivity contribution in [3.63, 3.8) is 0 Å². The number of hydrogen-bond acceptors (Lipinski definition) is 6. The van der Waals surface area contributed by atoms with Gasteiger partial charge < -0.3 is 30.1 Å². The predicted molar refractivity (Wildman–Crippen MR) is 87.1 cm³/mol. The van der Waals surface area contributed by atoms with Gasteiger partial charge in [0.05, 0.1) is 5.02 Å². The van der Waals surface area contributed by atoms with Crippen LogP contribution < -0.4 is 4.74 Å². The topological polar surface area (TPSA) is 140 Å². The lowest BCUT2D eigenvalue weighted by molar-refractivity contribution is -0.162. The van der Waals surface area contributed by atoms with Crippen LogP contribution in [0.25, 0.3) is 10.9 Å². The fraction of sp³-hybridized carbons (Fsp3) is 0.286. The van der Waals surface area contributed by atoms with E-state index in [1.165, 1.54) is 6.07 Å². The Balaban J connectivity index is 2.22. The maximum Gasteiger partial charge on any atom is 0.335 e. The normalized spacial score (nSPS) is 16.4. The molecule has 130 valence electrons. The van der Waals surface area contributed by atoms with Crippen molar-refractivity contribution in [2.24, 2.45) is 0 Å². The molecular weight excluding hydrogens is 410 g/mol. The highest BCUT2D eigenvalue weighted by molar-refractivity contribution is 9.10. The Morgan fingerprint density at radius 2 is 1.96 bits per heavy atom. The van der Waals surface area contributed by atoms with Crippen molar-refractivity contribution in [2.75, 3.05) is 0 Å². The summed E-state index contributed by atoms with van der Waals surface area (Å²) >= 11 is 9.38. The number of carbonyl (C=O) groups excluding carboxylic acids is 1. The van der Waals surface area contributed by atoms with Crippen LogP contribution in [0.3, 0.4) is 0 Å². The van der Waals surface area contributed by atoms with E-state index in [9.17, 15) is 24.9 Å². The van der Waals surface area contributed by atoms with Gasteiger partial charge in [-0.25, -0.2) is 4.79 Å². The number of carboxylic acid groups (broad SMARTS) is 1. The Morgan fingerprint density at radius 3 is 2.54 bits per heavy atom. The lowest BCUT2D eigenvalue weighted by Crippen LogP contribution is -2.50. The van der Waals surface area contributed by atoms with E-state index in [1.807, 2.05) is 0 Å². The van der Waals surface area contributed by atoms with Gasteiger partial charge in [0.25, 0.3) is 0 Å². The minimum absolute atomic E-state index is 0.0677. The number of aliphatic carboxylic acids is 1. The first kappa shape index (κ1) is 18.7. The van der Waals surface area contributed by atoms with Crippen LogP contribution in [-0.2, 0) is 9.59 Å². The van der Waals surface area contributed by atoms with Gasteiger partial charge in [0.15, 0.2) is 24.4 Å². The number of hydrogen-bond donors (Lipinski definition) is 5. The summed E-state index contributed by atoms with van der Waals surface area (Å²) in [6, 6.07) is 4.88. The van der Waals surface area contributed by atoms with E-state index in [2.05, 4.69) is 20.9 Å². The molecule has 0 unspecified atom stereocenters. The molecule has 10 heteroatoms. The van der Waals surface area contributed by atoms with E-state index < -0.39 is 30.4 Å². The SMILES string of the molecule is O=C[C@H](Oc1cc2c(Cl)c(Br)ccc2[nH]1)[C@@H](O)[C@H](O)[C@H](O)C(=O)O. The largest absolute Gasteiger partial charge is 0.479 e. The van der Waals surface area contributed by atoms with Crippen LogP contribution in [-0.4, -0.2) is 62.1 Å². The van der Waals surface area contributed by atoms with Crippen LogP contribution in [0, 0.1) is 0 Å². The van der Waals surface area contributed by atoms with Gasteiger partial charge in [-0.3, -0.25) is 4.79 Å². The summed E-state index contributed by atoms with van der Waals surface area (Å²) in [5.74, 6) is -1.67. The molecule has 2 rings (SSSR count). The Hall–Kier alpha value is -1.65. The molecule has 24 heavy (non-hydrogen) atoms. The number of aliphatic hydroxyl groups excluding tert-OH is 3. The summed E-state index contributed by atoms with van der Waals surface area (Å²) < 4.78 is 5.89. The highest BCUT2D eigenvalue weighted by Gasteiger charge is 2.36. The van der Waals surface area contributed by atoms with Gasteiger partial charge >= 0.3 is 5.97 Å². The Labute approximate surface area is 148 Å². The number of aromatic amines is 1. The minimum atomic E-state index is -2.26. The van der Waals surface area contributed by atoms with Gasteiger partial charge in [0.2, 0.25) is 0 Å². The molecule has 8 nitrogen and oxygen atoms in total. The van der Waals surface area contributed by atoms with E-state index in [-0.39, 0.29) is 12.2 Å². The van der Waals surface area contributed by atoms with Crippen molar-refractivity contribution in [3.05, 3.63) is 27.7 Å². The number of H-pyrrole nitrogens is 1. The maximum absolute atomic E-state index is 11.1. The van der Waals surface area contributed by atoms with Crippen LogP contribution >= 0.6 is 27.5 Å². The van der Waals surface area contributed by atoms with Gasteiger partial charge in [0, 0.05) is 21.4 Å². The second kappa shape index (κ2) is 7.49. The fourth-order valence-electron chi connectivity index (χ4n) is 2.03. The van der Waals surface area contributed by atoms with Crippen LogP contribution in [0.4, 0.5) is 0 Å². The molecule has 0 aliphatic heterocycles. The number of halogens is 2. The van der Waals surface area contributed by atoms with Crippen molar-refractivity contribution in [3.8, 4) is 5.88 Å². The zero-order valence-electron chi connectivity index (χ0n) is 11.9. The lowest BCUT2D eigenvalue weighted by atomic mass is 10.0. The van der Waals surface area contributed by atoms with Crippen LogP contribution in [0.15, 0.2) is 22.7 Å². The molecule has 0 saturated heterocycles. The maximum atomic E-state index is 11.1. The van der Waals surface area contributed by atoms with E-state index in [0.29, 0.717) is 20.4 Å². The fourth-order valence-corrected chi connectivity index (χ4v) is 2.60. The molecule has 0 aliphatic rings. The predicted octanol–water partition coefficient (Wildman–Crippen LogP) is 0.697. The standard InChI is InChI=1S/C14H13BrClNO7/c15-6-1-2-7-5(10(6)16)3-9(17-7)24-8(4-18)11(19)12(20)13(21)14(22)23/h1-4,8,11-13,17,19-21H,(H,22,23)/t8-,11+,12-,13-/m0/s1. The molecule has 1 aromatic carbocycles. The molecule has 4 atom stereocenters. The first-order chi connectivity index (χ1) is 11.3. The molecule has 0 aliphatic carbocycles. The highest BCUT2D eigenvalue weighted by atomic mass is 79.9. The molecule has 2 aromatic rings. The van der Waals surface area contributed by atoms with Gasteiger partial charge in [-0.2, -0.15) is 0 Å². The molecule has 5 N–H and O–H groups in total. The van der Waals surface area contributed by atoms with Gasteiger partial charge in [0.1, 0.15) is 12.2 Å². The number of carbonyl (C=O) groups is 2. The number of aromatic nitrogens is 1. The molecule has 0 saturated carbocycles. The summed E-state index contributed by atoms with van der Waals surface area (Å²) in [6.07, 6.45) is -7.75. The zero-order valence-corrected chi connectivity index (χ0v) is 14.2. The third-order valence-electron chi connectivity index (χ3n) is 3.33. The van der Waals surface area contributed by atoms with Crippen molar-refractivity contribution in [1.82, 2.24) is 4.98 Å². The quantitative estimate of drug-likeness (QED) is 0.414. The number of fused-ring (bicyclic) bond motifs is 1. The summed E-state index contributed by atoms with van der Waals surface area (Å²) in [5.41, 5.74) is 0.600. The zero-order chi connectivity index (χ0) is 18.0.